The van der Waals surface area contributed by atoms with Gasteiger partial charge in [0.15, 0.2) is 0 Å². The number of rotatable bonds is 6. The van der Waals surface area contributed by atoms with Crippen LogP contribution >= 0.6 is 0 Å². The van der Waals surface area contributed by atoms with Crippen LogP contribution in [0.3, 0.4) is 0 Å². The van der Waals surface area contributed by atoms with Crippen molar-refractivity contribution in [2.24, 2.45) is 5.92 Å². The van der Waals surface area contributed by atoms with Crippen molar-refractivity contribution in [3.63, 3.8) is 0 Å². The maximum atomic E-state index is 13.8. The predicted molar refractivity (Wildman–Crippen MR) is 155 cm³/mol. The van der Waals surface area contributed by atoms with E-state index in [-0.39, 0.29) is 29.6 Å². The zero-order valence-electron chi connectivity index (χ0n) is 23.1. The van der Waals surface area contributed by atoms with E-state index < -0.39 is 17.8 Å². The molecule has 218 valence electrons. The van der Waals surface area contributed by atoms with E-state index in [1.807, 2.05) is 11.9 Å². The summed E-state index contributed by atoms with van der Waals surface area (Å²) in [6.45, 7) is 3.22. The second kappa shape index (κ2) is 12.6. The summed E-state index contributed by atoms with van der Waals surface area (Å²) in [7, 11) is 1.99. The number of amides is 3. The van der Waals surface area contributed by atoms with Crippen molar-refractivity contribution in [1.82, 2.24) is 14.8 Å². The molecule has 0 spiro atoms. The molecule has 1 saturated heterocycles. The van der Waals surface area contributed by atoms with Crippen LogP contribution < -0.4 is 16.0 Å². The van der Waals surface area contributed by atoms with Crippen LogP contribution in [0.1, 0.15) is 35.1 Å². The van der Waals surface area contributed by atoms with Gasteiger partial charge in [-0.1, -0.05) is 17.9 Å². The number of carbonyl (C=O) groups is 2. The van der Waals surface area contributed by atoms with Crippen LogP contribution in [0.15, 0.2) is 60.8 Å². The van der Waals surface area contributed by atoms with Crippen molar-refractivity contribution >= 4 is 29.1 Å². The van der Waals surface area contributed by atoms with Gasteiger partial charge in [0.05, 0.1) is 5.56 Å². The van der Waals surface area contributed by atoms with Crippen LogP contribution in [0.25, 0.3) is 0 Å². The molecular weight excluding hydrogens is 545 g/mol. The second-order valence-electron chi connectivity index (χ2n) is 10.6. The lowest BCUT2D eigenvalue weighted by molar-refractivity contribution is -0.138. The van der Waals surface area contributed by atoms with Crippen LogP contribution in [-0.2, 0) is 17.5 Å². The third-order valence-corrected chi connectivity index (χ3v) is 7.12. The highest BCUT2D eigenvalue weighted by molar-refractivity contribution is 5.99. The number of pyridine rings is 1. The van der Waals surface area contributed by atoms with Gasteiger partial charge in [-0.25, -0.2) is 9.78 Å². The van der Waals surface area contributed by atoms with Crippen LogP contribution in [0.4, 0.5) is 35.2 Å². The van der Waals surface area contributed by atoms with Crippen molar-refractivity contribution in [2.45, 2.75) is 25.6 Å². The van der Waals surface area contributed by atoms with E-state index in [0.717, 1.165) is 32.0 Å². The summed E-state index contributed by atoms with van der Waals surface area (Å²) in [6.07, 6.45) is -1.12. The average molecular weight is 577 g/mol. The first kappa shape index (κ1) is 29.1. The fourth-order valence-corrected chi connectivity index (χ4v) is 4.49. The van der Waals surface area contributed by atoms with Crippen molar-refractivity contribution in [2.75, 3.05) is 49.2 Å². The fraction of sp³-hybridized carbons (Fsp3) is 0.323. The lowest BCUT2D eigenvalue weighted by Gasteiger charge is -2.33. The van der Waals surface area contributed by atoms with Crippen LogP contribution in [0.5, 0.6) is 0 Å². The second-order valence-corrected chi connectivity index (χ2v) is 10.6. The van der Waals surface area contributed by atoms with Crippen molar-refractivity contribution < 1.29 is 22.8 Å². The first-order valence-corrected chi connectivity index (χ1v) is 13.7. The Balaban J connectivity index is 1.16. The van der Waals surface area contributed by atoms with E-state index in [1.165, 1.54) is 12.1 Å². The predicted octanol–water partition coefficient (Wildman–Crippen LogP) is 5.24. The smallest absolute Gasteiger partial charge is 0.310 e. The molecular formula is C31H31F3N6O2. The monoisotopic (exact) mass is 576 g/mol. The molecule has 2 aromatic carbocycles. The highest BCUT2D eigenvalue weighted by atomic mass is 19.4. The third-order valence-electron chi connectivity index (χ3n) is 7.12. The maximum Gasteiger partial charge on any atom is 0.416 e. The molecule has 2 aliphatic rings. The first-order valence-electron chi connectivity index (χ1n) is 13.7. The van der Waals surface area contributed by atoms with Crippen LogP contribution in [-0.4, -0.2) is 59.9 Å². The number of benzene rings is 2. The minimum atomic E-state index is -4.54. The number of halogens is 3. The normalized spacial score (nSPS) is 15.8. The Morgan fingerprint density at radius 2 is 1.52 bits per heavy atom. The largest absolute Gasteiger partial charge is 0.416 e. The lowest BCUT2D eigenvalue weighted by Crippen LogP contribution is -2.44. The van der Waals surface area contributed by atoms with Gasteiger partial charge in [0.25, 0.3) is 0 Å². The molecule has 3 aromatic rings. The molecule has 8 nitrogen and oxygen atoms in total. The molecule has 11 heteroatoms. The Hall–Kier alpha value is -4.40. The number of anilines is 3. The standard InChI is InChI=1S/C31H31F3N6O2/c1-39-14-16-40(17-15-39)20-24-9-12-26(18-27(24)31(32,33)34)37-30(42)36-25-10-4-21(5-11-25)2-3-22-6-13-28(35-19-22)38-29(41)23-7-8-23/h4-6,9-13,18-19,23H,7-8,14-17,20H2,1H3,(H,35,38,41)(H2,36,37,42). The number of urea groups is 1. The van der Waals surface area contributed by atoms with Gasteiger partial charge in [0.2, 0.25) is 5.91 Å². The van der Waals surface area contributed by atoms with E-state index in [9.17, 15) is 22.8 Å². The van der Waals surface area contributed by atoms with Gasteiger partial charge in [0.1, 0.15) is 5.82 Å². The molecule has 2 fully saturated rings. The van der Waals surface area contributed by atoms with Gasteiger partial charge in [-0.05, 0) is 74.0 Å². The van der Waals surface area contributed by atoms with Gasteiger partial charge in [0, 0.05) is 67.3 Å². The zero-order valence-corrected chi connectivity index (χ0v) is 23.1. The molecule has 5 rings (SSSR count). The number of piperazine rings is 1. The number of nitrogens with one attached hydrogen (secondary N) is 3. The number of alkyl halides is 3. The van der Waals surface area contributed by atoms with Gasteiger partial charge in [-0.3, -0.25) is 9.69 Å². The zero-order chi connectivity index (χ0) is 29.7. The molecule has 0 unspecified atom stereocenters. The summed E-state index contributed by atoms with van der Waals surface area (Å²) < 4.78 is 41.5. The van der Waals surface area contributed by atoms with Crippen LogP contribution in [0.2, 0.25) is 0 Å². The van der Waals surface area contributed by atoms with E-state index in [2.05, 4.69) is 37.7 Å². The number of aromatic nitrogens is 1. The maximum absolute atomic E-state index is 13.8. The summed E-state index contributed by atoms with van der Waals surface area (Å²) in [6, 6.07) is 13.4. The molecule has 2 heterocycles. The van der Waals surface area contributed by atoms with Crippen molar-refractivity contribution in [1.29, 1.82) is 0 Å². The summed E-state index contributed by atoms with van der Waals surface area (Å²) in [5.74, 6) is 6.58. The Morgan fingerprint density at radius 1 is 0.881 bits per heavy atom. The molecule has 0 radical (unpaired) electrons. The summed E-state index contributed by atoms with van der Waals surface area (Å²) in [5, 5.41) is 7.91. The molecule has 0 bridgehead atoms. The molecule has 3 N–H and O–H groups in total. The number of carbonyl (C=O) groups excluding carboxylic acids is 2. The summed E-state index contributed by atoms with van der Waals surface area (Å²) >= 11 is 0. The Kier molecular flexibility index (Phi) is 8.75. The highest BCUT2D eigenvalue weighted by Crippen LogP contribution is 2.35. The van der Waals surface area contributed by atoms with Gasteiger partial charge in [-0.15, -0.1) is 0 Å². The molecule has 42 heavy (non-hydrogen) atoms. The third kappa shape index (κ3) is 8.09. The molecule has 1 aliphatic carbocycles. The van der Waals surface area contributed by atoms with Crippen molar-refractivity contribution in [3.05, 3.63) is 83.0 Å². The molecule has 1 aromatic heterocycles. The first-order chi connectivity index (χ1) is 20.1. The highest BCUT2D eigenvalue weighted by Gasteiger charge is 2.34. The Morgan fingerprint density at radius 3 is 2.17 bits per heavy atom. The Labute approximate surface area is 242 Å². The average Bonchev–Trinajstić information content (AvgIpc) is 3.81. The number of hydrogen-bond donors (Lipinski definition) is 3. The molecule has 3 amide bonds. The van der Waals surface area contributed by atoms with Gasteiger partial charge in [-0.2, -0.15) is 13.2 Å². The quantitative estimate of drug-likeness (QED) is 0.350. The minimum Gasteiger partial charge on any atom is -0.310 e. The number of likely N-dealkylation sites (N-methyl/N-ethyl adjacent to an activating group) is 1. The van der Waals surface area contributed by atoms with Gasteiger partial charge >= 0.3 is 12.2 Å². The topological polar surface area (TPSA) is 89.6 Å². The molecule has 1 aliphatic heterocycles. The SMILES string of the molecule is CN1CCN(Cc2ccc(NC(=O)Nc3ccc(C#Cc4ccc(NC(=O)C5CC5)nc4)cc3)cc2C(F)(F)F)CC1. The Bertz CT molecular complexity index is 1480. The number of hydrogen-bond acceptors (Lipinski definition) is 5. The fourth-order valence-electron chi connectivity index (χ4n) is 4.49. The van der Waals surface area contributed by atoms with E-state index in [4.69, 9.17) is 0 Å². The van der Waals surface area contributed by atoms with E-state index in [0.29, 0.717) is 35.7 Å². The van der Waals surface area contributed by atoms with Gasteiger partial charge < -0.3 is 20.9 Å². The summed E-state index contributed by atoms with van der Waals surface area (Å²) in [4.78, 5) is 32.7. The lowest BCUT2D eigenvalue weighted by atomic mass is 10.0. The van der Waals surface area contributed by atoms with E-state index >= 15 is 0 Å². The minimum absolute atomic E-state index is 0.00982. The molecule has 1 saturated carbocycles. The summed E-state index contributed by atoms with van der Waals surface area (Å²) in [5.41, 5.74) is 1.30. The number of nitrogens with zero attached hydrogens (tertiary/aromatic N) is 3. The van der Waals surface area contributed by atoms with Crippen LogP contribution in [0, 0.1) is 17.8 Å². The molecule has 0 atom stereocenters. The van der Waals surface area contributed by atoms with Crippen molar-refractivity contribution in [3.8, 4) is 11.8 Å². The van der Waals surface area contributed by atoms with E-state index in [1.54, 1.807) is 42.6 Å².